The van der Waals surface area contributed by atoms with Crippen LogP contribution in [0.5, 0.6) is 0 Å². The smallest absolute Gasteiger partial charge is 0.410 e. The number of aliphatic carboxylic acids is 1. The highest BCUT2D eigenvalue weighted by Crippen LogP contribution is 2.34. The minimum absolute atomic E-state index is 0.122. The molecule has 0 aliphatic carbocycles. The second-order valence-electron chi connectivity index (χ2n) is 19.7. The lowest BCUT2D eigenvalue weighted by Crippen LogP contribution is -2.48. The van der Waals surface area contributed by atoms with Crippen molar-refractivity contribution in [1.82, 2.24) is 34.4 Å². The van der Waals surface area contributed by atoms with E-state index in [9.17, 15) is 19.5 Å². The van der Waals surface area contributed by atoms with Crippen molar-refractivity contribution in [3.8, 4) is 0 Å². The van der Waals surface area contributed by atoms with Gasteiger partial charge in [0.1, 0.15) is 25.9 Å². The molecule has 13 heteroatoms. The Kier molecular flexibility index (Phi) is 21.6. The number of aryl methyl sites for hydroxylation is 2. The first-order chi connectivity index (χ1) is 34.9. The van der Waals surface area contributed by atoms with E-state index in [1.807, 2.05) is 90.2 Å². The quantitative estimate of drug-likeness (QED) is 0.0631. The van der Waals surface area contributed by atoms with Crippen LogP contribution in [0.2, 0.25) is 0 Å². The Morgan fingerprint density at radius 3 is 1.65 bits per heavy atom. The number of nitrogens with zero attached hydrogens (tertiary/aromatic N) is 7. The minimum atomic E-state index is -0.755. The lowest BCUT2D eigenvalue weighted by Gasteiger charge is -2.39. The molecular formula is C59H77N7O6. The fourth-order valence-corrected chi connectivity index (χ4v) is 9.78. The molecule has 4 aromatic carbocycles. The summed E-state index contributed by atoms with van der Waals surface area (Å²) in [5.74, 6) is -0.380. The molecule has 3 heterocycles. The Balaban J connectivity index is 0.000000235. The van der Waals surface area contributed by atoms with Crippen molar-refractivity contribution in [3.05, 3.63) is 181 Å². The number of carbonyl (C=O) groups is 3. The fraction of sp³-hybridized carbons (Fsp3) is 0.441. The van der Waals surface area contributed by atoms with Crippen LogP contribution in [0.4, 0.5) is 9.59 Å². The SMILES string of the molecule is C=CCN(C(=O)OCc1ccc(C)cc1)C1CCN(CCC(C)(CCC(=O)O)c2ccccc2)CC1.C=CCN(C(=O)OCc1ccc(C)cc1)C1CCN(CCC(Cn2cncn2)c2ccccc2)CC1. The van der Waals surface area contributed by atoms with Crippen LogP contribution in [0.25, 0.3) is 0 Å². The average Bonchev–Trinajstić information content (AvgIpc) is 3.93. The molecule has 0 radical (unpaired) electrons. The van der Waals surface area contributed by atoms with E-state index in [0.29, 0.717) is 25.4 Å². The summed E-state index contributed by atoms with van der Waals surface area (Å²) in [5.41, 5.74) is 6.68. The number of benzene rings is 4. The second kappa shape index (κ2) is 28.5. The molecule has 5 aromatic rings. The van der Waals surface area contributed by atoms with Crippen LogP contribution in [0.3, 0.4) is 0 Å². The van der Waals surface area contributed by atoms with Gasteiger partial charge in [0.05, 0.1) is 0 Å². The highest BCUT2D eigenvalue weighted by atomic mass is 16.6. The first-order valence-corrected chi connectivity index (χ1v) is 25.7. The Hall–Kier alpha value is -6.57. The number of rotatable bonds is 23. The first kappa shape index (κ1) is 54.8. The predicted molar refractivity (Wildman–Crippen MR) is 285 cm³/mol. The number of ether oxygens (including phenoxy) is 2. The fourth-order valence-electron chi connectivity index (χ4n) is 9.78. The van der Waals surface area contributed by atoms with E-state index in [1.54, 1.807) is 29.7 Å². The number of hydrogen-bond acceptors (Lipinski definition) is 9. The van der Waals surface area contributed by atoms with Crippen LogP contribution in [-0.4, -0.2) is 122 Å². The number of amides is 2. The van der Waals surface area contributed by atoms with Crippen molar-refractivity contribution >= 4 is 18.2 Å². The molecule has 13 nitrogen and oxygen atoms in total. The number of carboxylic acids is 1. The lowest BCUT2D eigenvalue weighted by molar-refractivity contribution is -0.137. The van der Waals surface area contributed by atoms with Crippen LogP contribution in [0.1, 0.15) is 97.6 Å². The topological polar surface area (TPSA) is 134 Å². The van der Waals surface area contributed by atoms with E-state index in [0.717, 1.165) is 95.5 Å². The zero-order valence-corrected chi connectivity index (χ0v) is 42.9. The van der Waals surface area contributed by atoms with Gasteiger partial charge in [-0.2, -0.15) is 5.10 Å². The maximum absolute atomic E-state index is 12.9. The third-order valence-electron chi connectivity index (χ3n) is 14.4. The Bertz CT molecular complexity index is 2380. The summed E-state index contributed by atoms with van der Waals surface area (Å²) in [6.45, 7) is 21.9. The molecule has 2 fully saturated rings. The van der Waals surface area contributed by atoms with Crippen LogP contribution in [-0.2, 0) is 39.4 Å². The summed E-state index contributed by atoms with van der Waals surface area (Å²) in [6, 6.07) is 37.3. The van der Waals surface area contributed by atoms with Crippen LogP contribution in [0.15, 0.2) is 147 Å². The highest BCUT2D eigenvalue weighted by molar-refractivity contribution is 5.69. The molecular weight excluding hydrogens is 903 g/mol. The second-order valence-corrected chi connectivity index (χ2v) is 19.7. The molecule has 1 aromatic heterocycles. The van der Waals surface area contributed by atoms with Crippen molar-refractivity contribution < 1.29 is 29.0 Å². The summed E-state index contributed by atoms with van der Waals surface area (Å²) < 4.78 is 13.2. The van der Waals surface area contributed by atoms with Crippen molar-refractivity contribution in [3.63, 3.8) is 0 Å². The van der Waals surface area contributed by atoms with Crippen LogP contribution >= 0.6 is 0 Å². The first-order valence-electron chi connectivity index (χ1n) is 25.7. The molecule has 384 valence electrons. The molecule has 0 bridgehead atoms. The van der Waals surface area contributed by atoms with Gasteiger partial charge in [-0.25, -0.2) is 14.6 Å². The highest BCUT2D eigenvalue weighted by Gasteiger charge is 2.32. The van der Waals surface area contributed by atoms with Gasteiger partial charge in [0.25, 0.3) is 0 Å². The van der Waals surface area contributed by atoms with Gasteiger partial charge in [-0.1, -0.05) is 139 Å². The zero-order valence-electron chi connectivity index (χ0n) is 42.9. The van der Waals surface area contributed by atoms with Crippen LogP contribution in [0, 0.1) is 13.8 Å². The van der Waals surface area contributed by atoms with Gasteiger partial charge < -0.3 is 34.2 Å². The van der Waals surface area contributed by atoms with E-state index in [2.05, 4.69) is 82.4 Å². The molecule has 2 saturated heterocycles. The molecule has 2 atom stereocenters. The molecule has 0 spiro atoms. The summed E-state index contributed by atoms with van der Waals surface area (Å²) in [7, 11) is 0. The number of piperidine rings is 2. The minimum Gasteiger partial charge on any atom is -0.481 e. The largest absolute Gasteiger partial charge is 0.481 e. The van der Waals surface area contributed by atoms with Gasteiger partial charge in [0, 0.05) is 70.2 Å². The van der Waals surface area contributed by atoms with E-state index >= 15 is 0 Å². The van der Waals surface area contributed by atoms with E-state index in [-0.39, 0.29) is 49.3 Å². The molecule has 1 N–H and O–H groups in total. The monoisotopic (exact) mass is 980 g/mol. The number of hydrogen-bond donors (Lipinski definition) is 1. The zero-order chi connectivity index (χ0) is 51.1. The average molecular weight is 980 g/mol. The van der Waals surface area contributed by atoms with Gasteiger partial charge in [0.2, 0.25) is 0 Å². The summed E-state index contributed by atoms with van der Waals surface area (Å²) in [6.07, 6.45) is 12.7. The molecule has 2 unspecified atom stereocenters. The molecule has 7 rings (SSSR count). The number of aromatic nitrogens is 3. The molecule has 2 amide bonds. The number of carbonyl (C=O) groups excluding carboxylic acids is 2. The van der Waals surface area contributed by atoms with E-state index < -0.39 is 5.97 Å². The van der Waals surface area contributed by atoms with Gasteiger partial charge in [0.15, 0.2) is 0 Å². The summed E-state index contributed by atoms with van der Waals surface area (Å²) >= 11 is 0. The van der Waals surface area contributed by atoms with Crippen molar-refractivity contribution in [2.24, 2.45) is 0 Å². The predicted octanol–water partition coefficient (Wildman–Crippen LogP) is 10.8. The molecule has 2 aliphatic heterocycles. The standard InChI is InChI=1S/C30H40N2O4.C29H37N5O2/c1-4-19-32(29(35)36-23-25-12-10-24(2)11-13-25)27-15-20-31(21-16-27)22-18-30(3,17-14-28(33)34)26-8-6-5-7-9-26;1-3-16-34(29(35)36-21-25-11-9-24(2)10-12-25)28-14-18-32(19-15-28)17-13-27(20-33-23-30-22-31-33)26-7-5-4-6-8-26/h4-13,27H,1,14-23H2,2-3H3,(H,33,34);3-12,22-23,27-28H,1,13-21H2,2H3. The normalized spacial score (nSPS) is 15.8. The lowest BCUT2D eigenvalue weighted by atomic mass is 9.75. The Labute approximate surface area is 428 Å². The maximum Gasteiger partial charge on any atom is 0.410 e. The van der Waals surface area contributed by atoms with Crippen molar-refractivity contribution in [2.45, 2.75) is 115 Å². The van der Waals surface area contributed by atoms with Crippen molar-refractivity contribution in [1.29, 1.82) is 0 Å². The molecule has 72 heavy (non-hydrogen) atoms. The van der Waals surface area contributed by atoms with Gasteiger partial charge >= 0.3 is 18.2 Å². The van der Waals surface area contributed by atoms with Gasteiger partial charge in [-0.15, -0.1) is 13.2 Å². The molecule has 0 saturated carbocycles. The van der Waals surface area contributed by atoms with Gasteiger partial charge in [-0.05, 0) is 99.6 Å². The summed E-state index contributed by atoms with van der Waals surface area (Å²) in [5, 5.41) is 13.6. The maximum atomic E-state index is 12.9. The summed E-state index contributed by atoms with van der Waals surface area (Å²) in [4.78, 5) is 49.8. The molecule has 2 aliphatic rings. The van der Waals surface area contributed by atoms with Gasteiger partial charge in [-0.3, -0.25) is 9.48 Å². The Morgan fingerprint density at radius 2 is 1.19 bits per heavy atom. The number of likely N-dealkylation sites (tertiary alicyclic amines) is 2. The van der Waals surface area contributed by atoms with Crippen molar-refractivity contribution in [2.75, 3.05) is 52.4 Å². The van der Waals surface area contributed by atoms with E-state index in [1.165, 1.54) is 22.3 Å². The van der Waals surface area contributed by atoms with E-state index in [4.69, 9.17) is 9.47 Å². The Morgan fingerprint density at radius 1 is 0.708 bits per heavy atom. The van der Waals surface area contributed by atoms with Crippen LogP contribution < -0.4 is 0 Å². The third kappa shape index (κ3) is 17.3. The third-order valence-corrected chi connectivity index (χ3v) is 14.4. The number of carboxylic acid groups (broad SMARTS) is 1.